The summed E-state index contributed by atoms with van der Waals surface area (Å²) in [6, 6.07) is 11.7. The molecule has 1 heterocycles. The Bertz CT molecular complexity index is 519. The molecule has 2 aromatic rings. The molecule has 100 valence electrons. The standard InChI is InChI=1S/C15H17ClN2O/c1-19-15(11-5-3-2-4-6-11)14(17)9-12-7-8-18-10-13(12)16/h2-8,10,14-15H,9,17H2,1H3. The molecular formula is C15H17ClN2O. The lowest BCUT2D eigenvalue weighted by Gasteiger charge is -2.23. The predicted molar refractivity (Wildman–Crippen MR) is 77.1 cm³/mol. The Labute approximate surface area is 118 Å². The molecule has 19 heavy (non-hydrogen) atoms. The van der Waals surface area contributed by atoms with Gasteiger partial charge >= 0.3 is 0 Å². The lowest BCUT2D eigenvalue weighted by Crippen LogP contribution is -2.32. The highest BCUT2D eigenvalue weighted by Crippen LogP contribution is 2.23. The van der Waals surface area contributed by atoms with E-state index in [-0.39, 0.29) is 12.1 Å². The third kappa shape index (κ3) is 3.53. The van der Waals surface area contributed by atoms with Crippen molar-refractivity contribution in [3.63, 3.8) is 0 Å². The Balaban J connectivity index is 2.14. The van der Waals surface area contributed by atoms with Crippen molar-refractivity contribution in [2.75, 3.05) is 7.11 Å². The number of ether oxygens (including phenoxy) is 1. The van der Waals surface area contributed by atoms with E-state index in [2.05, 4.69) is 4.98 Å². The second-order valence-electron chi connectivity index (χ2n) is 4.40. The first-order valence-electron chi connectivity index (χ1n) is 6.14. The zero-order valence-electron chi connectivity index (χ0n) is 10.8. The molecule has 2 N–H and O–H groups in total. The number of nitrogens with zero attached hydrogens (tertiary/aromatic N) is 1. The van der Waals surface area contributed by atoms with Gasteiger partial charge in [-0.25, -0.2) is 0 Å². The largest absolute Gasteiger partial charge is 0.375 e. The molecule has 1 aromatic heterocycles. The van der Waals surface area contributed by atoms with Gasteiger partial charge in [0.1, 0.15) is 0 Å². The number of methoxy groups -OCH3 is 1. The molecule has 2 unspecified atom stereocenters. The van der Waals surface area contributed by atoms with E-state index in [1.807, 2.05) is 36.4 Å². The van der Waals surface area contributed by atoms with Crippen molar-refractivity contribution in [1.29, 1.82) is 0 Å². The second kappa shape index (κ2) is 6.66. The van der Waals surface area contributed by atoms with Crippen LogP contribution in [0.1, 0.15) is 17.2 Å². The molecule has 2 atom stereocenters. The minimum absolute atomic E-state index is 0.148. The number of rotatable bonds is 5. The maximum atomic E-state index is 6.26. The highest BCUT2D eigenvalue weighted by atomic mass is 35.5. The summed E-state index contributed by atoms with van der Waals surface area (Å²) in [7, 11) is 1.67. The molecule has 1 aromatic carbocycles. The van der Waals surface area contributed by atoms with Gasteiger partial charge in [0.25, 0.3) is 0 Å². The van der Waals surface area contributed by atoms with E-state index in [0.717, 1.165) is 11.1 Å². The predicted octanol–water partition coefficient (Wildman–Crippen LogP) is 2.99. The van der Waals surface area contributed by atoms with E-state index in [9.17, 15) is 0 Å². The fourth-order valence-corrected chi connectivity index (χ4v) is 2.33. The third-order valence-corrected chi connectivity index (χ3v) is 3.42. The molecule has 0 spiro atoms. The van der Waals surface area contributed by atoms with Gasteiger partial charge in [0, 0.05) is 25.5 Å². The van der Waals surface area contributed by atoms with Crippen LogP contribution in [-0.4, -0.2) is 18.1 Å². The first-order valence-corrected chi connectivity index (χ1v) is 6.52. The maximum Gasteiger partial charge on any atom is 0.0975 e. The summed E-state index contributed by atoms with van der Waals surface area (Å²) in [5, 5.41) is 0.640. The van der Waals surface area contributed by atoms with Crippen molar-refractivity contribution in [2.24, 2.45) is 5.73 Å². The van der Waals surface area contributed by atoms with Crippen LogP contribution in [0.3, 0.4) is 0 Å². The van der Waals surface area contributed by atoms with Gasteiger partial charge in [-0.3, -0.25) is 4.98 Å². The van der Waals surface area contributed by atoms with Crippen LogP contribution in [0.15, 0.2) is 48.8 Å². The van der Waals surface area contributed by atoms with Gasteiger partial charge < -0.3 is 10.5 Å². The topological polar surface area (TPSA) is 48.1 Å². The van der Waals surface area contributed by atoms with E-state index < -0.39 is 0 Å². The minimum Gasteiger partial charge on any atom is -0.375 e. The van der Waals surface area contributed by atoms with Gasteiger partial charge in [0.15, 0.2) is 0 Å². The smallest absolute Gasteiger partial charge is 0.0975 e. The van der Waals surface area contributed by atoms with E-state index in [1.165, 1.54) is 0 Å². The Morgan fingerprint density at radius 1 is 1.26 bits per heavy atom. The van der Waals surface area contributed by atoms with Crippen LogP contribution >= 0.6 is 11.6 Å². The number of hydrogen-bond donors (Lipinski definition) is 1. The van der Waals surface area contributed by atoms with Crippen molar-refractivity contribution in [3.8, 4) is 0 Å². The Hall–Kier alpha value is -1.42. The third-order valence-electron chi connectivity index (χ3n) is 3.08. The number of aromatic nitrogens is 1. The van der Waals surface area contributed by atoms with Crippen molar-refractivity contribution in [3.05, 3.63) is 64.9 Å². The quantitative estimate of drug-likeness (QED) is 0.913. The Kier molecular flexibility index (Phi) is 4.91. The Morgan fingerprint density at radius 3 is 2.63 bits per heavy atom. The summed E-state index contributed by atoms with van der Waals surface area (Å²) in [5.74, 6) is 0. The van der Waals surface area contributed by atoms with Crippen LogP contribution < -0.4 is 5.73 Å². The number of pyridine rings is 1. The number of benzene rings is 1. The monoisotopic (exact) mass is 276 g/mol. The number of nitrogens with two attached hydrogens (primary N) is 1. The molecule has 0 radical (unpaired) electrons. The molecule has 2 rings (SSSR count). The first-order chi connectivity index (χ1) is 9.22. The summed E-state index contributed by atoms with van der Waals surface area (Å²) in [6.07, 6.45) is 3.85. The molecule has 0 aliphatic heterocycles. The van der Waals surface area contributed by atoms with Crippen molar-refractivity contribution < 1.29 is 4.74 Å². The summed E-state index contributed by atoms with van der Waals surface area (Å²) in [4.78, 5) is 3.97. The molecular weight excluding hydrogens is 260 g/mol. The van der Waals surface area contributed by atoms with Crippen molar-refractivity contribution in [2.45, 2.75) is 18.6 Å². The van der Waals surface area contributed by atoms with Gasteiger partial charge in [-0.2, -0.15) is 0 Å². The van der Waals surface area contributed by atoms with Crippen LogP contribution in [0, 0.1) is 0 Å². The van der Waals surface area contributed by atoms with Crippen LogP contribution in [0.25, 0.3) is 0 Å². The average molecular weight is 277 g/mol. The lowest BCUT2D eigenvalue weighted by molar-refractivity contribution is 0.0803. The van der Waals surface area contributed by atoms with Crippen LogP contribution in [0.5, 0.6) is 0 Å². The molecule has 0 aliphatic rings. The van der Waals surface area contributed by atoms with E-state index in [0.29, 0.717) is 11.4 Å². The zero-order valence-corrected chi connectivity index (χ0v) is 11.5. The highest BCUT2D eigenvalue weighted by molar-refractivity contribution is 6.31. The normalized spacial score (nSPS) is 14.1. The highest BCUT2D eigenvalue weighted by Gasteiger charge is 2.20. The van der Waals surface area contributed by atoms with Crippen molar-refractivity contribution >= 4 is 11.6 Å². The molecule has 0 aliphatic carbocycles. The molecule has 4 heteroatoms. The summed E-state index contributed by atoms with van der Waals surface area (Å²) < 4.78 is 5.53. The van der Waals surface area contributed by atoms with Crippen LogP contribution in [0.4, 0.5) is 0 Å². The number of hydrogen-bond acceptors (Lipinski definition) is 3. The summed E-state index contributed by atoms with van der Waals surface area (Å²) >= 11 is 6.10. The molecule has 0 bridgehead atoms. The van der Waals surface area contributed by atoms with E-state index in [4.69, 9.17) is 22.1 Å². The molecule has 3 nitrogen and oxygen atoms in total. The van der Waals surface area contributed by atoms with Crippen LogP contribution in [0.2, 0.25) is 5.02 Å². The van der Waals surface area contributed by atoms with Gasteiger partial charge in [-0.1, -0.05) is 41.9 Å². The lowest BCUT2D eigenvalue weighted by atomic mass is 9.97. The zero-order chi connectivity index (χ0) is 13.7. The van der Waals surface area contributed by atoms with Gasteiger partial charge in [0.05, 0.1) is 11.1 Å². The molecule has 0 fully saturated rings. The summed E-state index contributed by atoms with van der Waals surface area (Å²) in [6.45, 7) is 0. The first kappa shape index (κ1) is 14.0. The molecule has 0 saturated heterocycles. The fraction of sp³-hybridized carbons (Fsp3) is 0.267. The fourth-order valence-electron chi connectivity index (χ4n) is 2.13. The van der Waals surface area contributed by atoms with Gasteiger partial charge in [-0.15, -0.1) is 0 Å². The second-order valence-corrected chi connectivity index (χ2v) is 4.81. The SMILES string of the molecule is COC(c1ccccc1)C(N)Cc1ccncc1Cl. The summed E-state index contributed by atoms with van der Waals surface area (Å²) in [5.41, 5.74) is 8.32. The Morgan fingerprint density at radius 2 is 2.00 bits per heavy atom. The van der Waals surface area contributed by atoms with E-state index >= 15 is 0 Å². The maximum absolute atomic E-state index is 6.26. The van der Waals surface area contributed by atoms with E-state index in [1.54, 1.807) is 19.5 Å². The van der Waals surface area contributed by atoms with Crippen LogP contribution in [-0.2, 0) is 11.2 Å². The number of halogens is 1. The minimum atomic E-state index is -0.160. The van der Waals surface area contributed by atoms with Crippen molar-refractivity contribution in [1.82, 2.24) is 4.98 Å². The average Bonchev–Trinajstić information content (AvgIpc) is 2.43. The van der Waals surface area contributed by atoms with Gasteiger partial charge in [0.2, 0.25) is 0 Å². The molecule has 0 saturated carbocycles. The molecule has 0 amide bonds. The van der Waals surface area contributed by atoms with Gasteiger partial charge in [-0.05, 0) is 23.6 Å².